The fourth-order valence-corrected chi connectivity index (χ4v) is 2.27. The first-order valence-electron chi connectivity index (χ1n) is 7.15. The molecule has 106 valence electrons. The summed E-state index contributed by atoms with van der Waals surface area (Å²) >= 11 is 0. The van der Waals surface area contributed by atoms with Crippen molar-refractivity contribution in [2.45, 2.75) is 58.5 Å². The Bertz CT molecular complexity index is 270. The highest BCUT2D eigenvalue weighted by Gasteiger charge is 2.28. The van der Waals surface area contributed by atoms with Gasteiger partial charge in [0.2, 0.25) is 5.91 Å². The van der Waals surface area contributed by atoms with Crippen LogP contribution < -0.4 is 11.1 Å². The van der Waals surface area contributed by atoms with Crippen molar-refractivity contribution >= 4 is 5.91 Å². The summed E-state index contributed by atoms with van der Waals surface area (Å²) in [5, 5.41) is 3.12. The lowest BCUT2D eigenvalue weighted by Gasteiger charge is -2.36. The van der Waals surface area contributed by atoms with Gasteiger partial charge in [0, 0.05) is 5.54 Å². The van der Waals surface area contributed by atoms with Crippen LogP contribution in [0, 0.1) is 5.92 Å². The third kappa shape index (κ3) is 4.25. The number of nitrogens with one attached hydrogen (secondary N) is 1. The van der Waals surface area contributed by atoms with Crippen molar-refractivity contribution in [3.63, 3.8) is 0 Å². The molecular formula is C14H29N3O. The topological polar surface area (TPSA) is 58.4 Å². The number of carbonyl (C=O) groups excluding carboxylic acids is 1. The van der Waals surface area contributed by atoms with Gasteiger partial charge in [0.25, 0.3) is 0 Å². The smallest absolute Gasteiger partial charge is 0.237 e. The van der Waals surface area contributed by atoms with Gasteiger partial charge >= 0.3 is 0 Å². The van der Waals surface area contributed by atoms with E-state index >= 15 is 0 Å². The van der Waals surface area contributed by atoms with Gasteiger partial charge in [-0.05, 0) is 65.6 Å². The van der Waals surface area contributed by atoms with Crippen LogP contribution in [0.1, 0.15) is 47.0 Å². The van der Waals surface area contributed by atoms with Crippen LogP contribution in [0.3, 0.4) is 0 Å². The van der Waals surface area contributed by atoms with Crippen LogP contribution in [0.5, 0.6) is 0 Å². The van der Waals surface area contributed by atoms with E-state index in [4.69, 9.17) is 5.73 Å². The Hall–Kier alpha value is -0.610. The van der Waals surface area contributed by atoms with E-state index in [9.17, 15) is 4.79 Å². The molecule has 1 rings (SSSR count). The fraction of sp³-hybridized carbons (Fsp3) is 0.929. The molecule has 1 aliphatic heterocycles. The van der Waals surface area contributed by atoms with Crippen LogP contribution in [-0.4, -0.2) is 42.0 Å². The molecule has 1 amide bonds. The van der Waals surface area contributed by atoms with Crippen LogP contribution in [0.4, 0.5) is 0 Å². The Balaban J connectivity index is 2.45. The summed E-state index contributed by atoms with van der Waals surface area (Å²) < 4.78 is 0. The minimum Gasteiger partial charge on any atom is -0.350 e. The zero-order chi connectivity index (χ0) is 13.8. The average molecular weight is 255 g/mol. The molecule has 0 aromatic heterocycles. The number of rotatable bonds is 5. The number of carbonyl (C=O) groups is 1. The highest BCUT2D eigenvalue weighted by atomic mass is 16.2. The maximum Gasteiger partial charge on any atom is 0.237 e. The van der Waals surface area contributed by atoms with Crippen LogP contribution >= 0.6 is 0 Å². The fourth-order valence-electron chi connectivity index (χ4n) is 2.27. The Morgan fingerprint density at radius 3 is 2.44 bits per heavy atom. The van der Waals surface area contributed by atoms with Crippen molar-refractivity contribution in [1.82, 2.24) is 10.2 Å². The van der Waals surface area contributed by atoms with Gasteiger partial charge in [0.1, 0.15) is 0 Å². The number of hydrogen-bond acceptors (Lipinski definition) is 3. The van der Waals surface area contributed by atoms with Gasteiger partial charge in [-0.3, -0.25) is 9.69 Å². The minimum atomic E-state index is -0.110. The highest BCUT2D eigenvalue weighted by Crippen LogP contribution is 2.18. The molecule has 0 radical (unpaired) electrons. The summed E-state index contributed by atoms with van der Waals surface area (Å²) in [5.74, 6) is 0.789. The van der Waals surface area contributed by atoms with Crippen molar-refractivity contribution in [1.29, 1.82) is 0 Å². The number of nitrogens with two attached hydrogens (primary N) is 1. The molecule has 1 saturated heterocycles. The quantitative estimate of drug-likeness (QED) is 0.779. The largest absolute Gasteiger partial charge is 0.350 e. The molecule has 18 heavy (non-hydrogen) atoms. The Morgan fingerprint density at radius 1 is 1.44 bits per heavy atom. The first-order chi connectivity index (χ1) is 8.39. The molecule has 0 aromatic carbocycles. The summed E-state index contributed by atoms with van der Waals surface area (Å²) in [6.45, 7) is 11.0. The molecule has 0 aliphatic carbocycles. The van der Waals surface area contributed by atoms with Gasteiger partial charge in [-0.15, -0.1) is 0 Å². The number of piperidine rings is 1. The lowest BCUT2D eigenvalue weighted by atomic mass is 9.95. The van der Waals surface area contributed by atoms with Gasteiger partial charge < -0.3 is 11.1 Å². The Labute approximate surface area is 111 Å². The van der Waals surface area contributed by atoms with E-state index in [1.807, 2.05) is 6.92 Å². The summed E-state index contributed by atoms with van der Waals surface area (Å²) in [4.78, 5) is 14.5. The zero-order valence-corrected chi connectivity index (χ0v) is 12.3. The summed E-state index contributed by atoms with van der Waals surface area (Å²) in [6, 6.07) is -0.0328. The molecule has 0 spiro atoms. The van der Waals surface area contributed by atoms with Crippen LogP contribution in [-0.2, 0) is 4.79 Å². The van der Waals surface area contributed by atoms with E-state index in [-0.39, 0.29) is 17.5 Å². The number of likely N-dealkylation sites (tertiary alicyclic amines) is 1. The summed E-state index contributed by atoms with van der Waals surface area (Å²) in [6.07, 6.45) is 3.18. The van der Waals surface area contributed by atoms with E-state index in [2.05, 4.69) is 31.0 Å². The second-order valence-corrected chi connectivity index (χ2v) is 6.12. The monoisotopic (exact) mass is 255 g/mol. The molecule has 1 unspecified atom stereocenters. The number of amides is 1. The van der Waals surface area contributed by atoms with Crippen molar-refractivity contribution < 1.29 is 4.79 Å². The highest BCUT2D eigenvalue weighted by molar-refractivity contribution is 5.82. The van der Waals surface area contributed by atoms with Gasteiger partial charge in [-0.25, -0.2) is 0 Å². The molecule has 0 bridgehead atoms. The molecular weight excluding hydrogens is 226 g/mol. The Morgan fingerprint density at radius 2 is 2.00 bits per heavy atom. The molecule has 1 atom stereocenters. The third-order valence-electron chi connectivity index (χ3n) is 4.26. The van der Waals surface area contributed by atoms with Crippen molar-refractivity contribution in [3.05, 3.63) is 0 Å². The lowest BCUT2D eigenvalue weighted by Crippen LogP contribution is -2.53. The maximum absolute atomic E-state index is 12.2. The predicted molar refractivity (Wildman–Crippen MR) is 75.3 cm³/mol. The first kappa shape index (κ1) is 15.4. The van der Waals surface area contributed by atoms with Gasteiger partial charge in [0.05, 0.1) is 6.04 Å². The van der Waals surface area contributed by atoms with Crippen LogP contribution in [0.2, 0.25) is 0 Å². The summed E-state index contributed by atoms with van der Waals surface area (Å²) in [5.41, 5.74) is 5.58. The molecule has 0 saturated carbocycles. The number of nitrogens with zero attached hydrogens (tertiary/aromatic N) is 1. The first-order valence-corrected chi connectivity index (χ1v) is 7.15. The van der Waals surface area contributed by atoms with Crippen LogP contribution in [0.25, 0.3) is 0 Å². The van der Waals surface area contributed by atoms with E-state index in [0.29, 0.717) is 5.92 Å². The summed E-state index contributed by atoms with van der Waals surface area (Å²) in [7, 11) is 0. The molecule has 0 aromatic rings. The normalized spacial score (nSPS) is 20.7. The molecule has 1 fully saturated rings. The zero-order valence-electron chi connectivity index (χ0n) is 12.3. The van der Waals surface area contributed by atoms with E-state index in [1.165, 1.54) is 0 Å². The maximum atomic E-state index is 12.2. The second kappa shape index (κ2) is 6.53. The molecule has 1 heterocycles. The van der Waals surface area contributed by atoms with Gasteiger partial charge in [-0.1, -0.05) is 6.92 Å². The SMILES string of the molecule is CCC(C)(C)NC(=O)C(C)N1CCC(CN)CC1. The average Bonchev–Trinajstić information content (AvgIpc) is 2.37. The van der Waals surface area contributed by atoms with E-state index in [0.717, 1.165) is 38.9 Å². The van der Waals surface area contributed by atoms with Crippen molar-refractivity contribution in [3.8, 4) is 0 Å². The molecule has 4 nitrogen and oxygen atoms in total. The predicted octanol–water partition coefficient (Wildman–Crippen LogP) is 1.35. The molecule has 1 aliphatic rings. The van der Waals surface area contributed by atoms with E-state index in [1.54, 1.807) is 0 Å². The van der Waals surface area contributed by atoms with Crippen LogP contribution in [0.15, 0.2) is 0 Å². The van der Waals surface area contributed by atoms with Crippen molar-refractivity contribution in [2.75, 3.05) is 19.6 Å². The van der Waals surface area contributed by atoms with E-state index < -0.39 is 0 Å². The van der Waals surface area contributed by atoms with Gasteiger partial charge in [0.15, 0.2) is 0 Å². The third-order valence-corrected chi connectivity index (χ3v) is 4.26. The minimum absolute atomic E-state index is 0.0328. The van der Waals surface area contributed by atoms with Gasteiger partial charge in [-0.2, -0.15) is 0 Å². The number of hydrogen-bond donors (Lipinski definition) is 2. The molecule has 3 N–H and O–H groups in total. The molecule has 4 heteroatoms. The second-order valence-electron chi connectivity index (χ2n) is 6.12. The standard InChI is InChI=1S/C14H29N3O/c1-5-14(3,4)16-13(18)11(2)17-8-6-12(10-15)7-9-17/h11-12H,5-10,15H2,1-4H3,(H,16,18). The van der Waals surface area contributed by atoms with Crippen molar-refractivity contribution in [2.24, 2.45) is 11.7 Å². The Kier molecular flexibility index (Phi) is 5.60. The lowest BCUT2D eigenvalue weighted by molar-refractivity contribution is -0.128.